The highest BCUT2D eigenvalue weighted by Gasteiger charge is 2.12. The number of benzene rings is 1. The topological polar surface area (TPSA) is 85.1 Å². The number of carbonyl (C=O) groups excluding carboxylic acids is 1. The van der Waals surface area contributed by atoms with Gasteiger partial charge in [-0.2, -0.15) is 0 Å². The average molecular weight is 263 g/mol. The fourth-order valence-electron chi connectivity index (χ4n) is 1.41. The first-order chi connectivity index (χ1) is 8.58. The molecular formula is C11H9N3O3S. The number of hydrogen-bond acceptors (Lipinski definition) is 5. The van der Waals surface area contributed by atoms with E-state index in [1.165, 1.54) is 29.5 Å². The van der Waals surface area contributed by atoms with Crippen LogP contribution < -0.4 is 5.32 Å². The van der Waals surface area contributed by atoms with Crippen molar-refractivity contribution >= 4 is 28.6 Å². The summed E-state index contributed by atoms with van der Waals surface area (Å²) in [6.07, 6.45) is 0. The zero-order valence-electron chi connectivity index (χ0n) is 9.41. The Labute approximate surface area is 106 Å². The summed E-state index contributed by atoms with van der Waals surface area (Å²) in [6.45, 7) is 1.70. The monoisotopic (exact) mass is 263 g/mol. The summed E-state index contributed by atoms with van der Waals surface area (Å²) in [6, 6.07) is 4.28. The number of nitrogens with zero attached hydrogens (tertiary/aromatic N) is 2. The van der Waals surface area contributed by atoms with Crippen LogP contribution in [0.15, 0.2) is 29.1 Å². The molecule has 1 aromatic heterocycles. The first-order valence-corrected chi connectivity index (χ1v) is 5.97. The van der Waals surface area contributed by atoms with E-state index in [0.29, 0.717) is 16.9 Å². The van der Waals surface area contributed by atoms with E-state index < -0.39 is 4.92 Å². The first-order valence-electron chi connectivity index (χ1n) is 5.02. The van der Waals surface area contributed by atoms with Crippen LogP contribution in [-0.2, 0) is 0 Å². The van der Waals surface area contributed by atoms with Gasteiger partial charge in [-0.3, -0.25) is 14.9 Å². The first kappa shape index (κ1) is 12.2. The maximum Gasteiger partial charge on any atom is 0.275 e. The lowest BCUT2D eigenvalue weighted by molar-refractivity contribution is -0.384. The summed E-state index contributed by atoms with van der Waals surface area (Å²) < 4.78 is 0. The van der Waals surface area contributed by atoms with Gasteiger partial charge in [-0.05, 0) is 18.6 Å². The normalized spacial score (nSPS) is 10.1. The van der Waals surface area contributed by atoms with E-state index in [1.54, 1.807) is 17.8 Å². The molecule has 0 bridgehead atoms. The van der Waals surface area contributed by atoms with Crippen molar-refractivity contribution in [3.63, 3.8) is 0 Å². The molecule has 6 nitrogen and oxygen atoms in total. The molecule has 0 spiro atoms. The predicted octanol–water partition coefficient (Wildman–Crippen LogP) is 2.61. The number of non-ortho nitro benzene ring substituents is 1. The minimum absolute atomic E-state index is 0.000780. The summed E-state index contributed by atoms with van der Waals surface area (Å²) in [7, 11) is 0. The van der Waals surface area contributed by atoms with Crippen molar-refractivity contribution in [3.05, 3.63) is 50.5 Å². The maximum atomic E-state index is 11.7. The standard InChI is InChI=1S/C11H9N3O3S/c1-7-4-8(14(16)17)2-3-9(7)13-11(15)10-5-18-6-12-10/h2-6H,1H3,(H,13,15). The third-order valence-corrected chi connectivity index (χ3v) is 2.92. The van der Waals surface area contributed by atoms with E-state index in [4.69, 9.17) is 0 Å². The van der Waals surface area contributed by atoms with Gasteiger partial charge in [0.1, 0.15) is 5.69 Å². The van der Waals surface area contributed by atoms with Crippen molar-refractivity contribution in [2.45, 2.75) is 6.92 Å². The van der Waals surface area contributed by atoms with Gasteiger partial charge in [0.05, 0.1) is 10.4 Å². The van der Waals surface area contributed by atoms with Crippen LogP contribution in [0.3, 0.4) is 0 Å². The van der Waals surface area contributed by atoms with Crippen molar-refractivity contribution < 1.29 is 9.72 Å². The largest absolute Gasteiger partial charge is 0.320 e. The molecule has 0 aliphatic carbocycles. The Hall–Kier alpha value is -2.28. The number of hydrogen-bond donors (Lipinski definition) is 1. The van der Waals surface area contributed by atoms with Gasteiger partial charge in [0, 0.05) is 23.2 Å². The van der Waals surface area contributed by atoms with E-state index >= 15 is 0 Å². The molecule has 0 unspecified atom stereocenters. The second kappa shape index (κ2) is 4.92. The fourth-order valence-corrected chi connectivity index (χ4v) is 1.94. The molecule has 0 aliphatic rings. The van der Waals surface area contributed by atoms with Crippen LogP contribution in [0.2, 0.25) is 0 Å². The van der Waals surface area contributed by atoms with Crippen LogP contribution in [0.25, 0.3) is 0 Å². The molecular weight excluding hydrogens is 254 g/mol. The van der Waals surface area contributed by atoms with Gasteiger partial charge in [-0.15, -0.1) is 11.3 Å². The van der Waals surface area contributed by atoms with Gasteiger partial charge >= 0.3 is 0 Å². The molecule has 2 rings (SSSR count). The maximum absolute atomic E-state index is 11.7. The Morgan fingerprint density at radius 1 is 1.50 bits per heavy atom. The Kier molecular flexibility index (Phi) is 3.33. The number of amides is 1. The predicted molar refractivity (Wildman–Crippen MR) is 67.9 cm³/mol. The van der Waals surface area contributed by atoms with Gasteiger partial charge in [0.25, 0.3) is 11.6 Å². The number of nitro groups is 1. The Bertz CT molecular complexity index is 596. The molecule has 0 aliphatic heterocycles. The van der Waals surface area contributed by atoms with Crippen molar-refractivity contribution in [1.29, 1.82) is 0 Å². The number of nitro benzene ring substituents is 1. The fraction of sp³-hybridized carbons (Fsp3) is 0.0909. The smallest absolute Gasteiger partial charge is 0.275 e. The molecule has 1 heterocycles. The highest BCUT2D eigenvalue weighted by Crippen LogP contribution is 2.21. The van der Waals surface area contributed by atoms with Crippen LogP contribution in [-0.4, -0.2) is 15.8 Å². The van der Waals surface area contributed by atoms with Gasteiger partial charge in [0.15, 0.2) is 0 Å². The van der Waals surface area contributed by atoms with Crippen LogP contribution in [0.4, 0.5) is 11.4 Å². The van der Waals surface area contributed by atoms with Crippen molar-refractivity contribution in [3.8, 4) is 0 Å². The lowest BCUT2D eigenvalue weighted by Gasteiger charge is -2.06. The number of rotatable bonds is 3. The molecule has 0 saturated carbocycles. The molecule has 1 aromatic carbocycles. The van der Waals surface area contributed by atoms with Gasteiger partial charge in [-0.25, -0.2) is 4.98 Å². The summed E-state index contributed by atoms with van der Waals surface area (Å²) in [5, 5.41) is 14.9. The minimum atomic E-state index is -0.473. The number of carbonyl (C=O) groups is 1. The molecule has 0 atom stereocenters. The highest BCUT2D eigenvalue weighted by molar-refractivity contribution is 7.07. The number of aryl methyl sites for hydroxylation is 1. The van der Waals surface area contributed by atoms with Crippen LogP contribution >= 0.6 is 11.3 Å². The Balaban J connectivity index is 2.20. The quantitative estimate of drug-likeness (QED) is 0.681. The Morgan fingerprint density at radius 2 is 2.28 bits per heavy atom. The SMILES string of the molecule is Cc1cc([N+](=O)[O-])ccc1NC(=O)c1cscn1. The minimum Gasteiger partial charge on any atom is -0.320 e. The molecule has 18 heavy (non-hydrogen) atoms. The number of nitrogens with one attached hydrogen (secondary N) is 1. The molecule has 1 amide bonds. The van der Waals surface area contributed by atoms with E-state index in [2.05, 4.69) is 10.3 Å². The molecule has 0 radical (unpaired) electrons. The summed E-state index contributed by atoms with van der Waals surface area (Å²) >= 11 is 1.33. The zero-order chi connectivity index (χ0) is 13.1. The average Bonchev–Trinajstić information content (AvgIpc) is 2.85. The van der Waals surface area contributed by atoms with Crippen molar-refractivity contribution in [1.82, 2.24) is 4.98 Å². The molecule has 92 valence electrons. The van der Waals surface area contributed by atoms with E-state index in [1.807, 2.05) is 0 Å². The van der Waals surface area contributed by atoms with E-state index in [9.17, 15) is 14.9 Å². The summed E-state index contributed by atoms with van der Waals surface area (Å²) in [4.78, 5) is 25.7. The van der Waals surface area contributed by atoms with Gasteiger partial charge < -0.3 is 5.32 Å². The van der Waals surface area contributed by atoms with Crippen LogP contribution in [0.5, 0.6) is 0 Å². The van der Waals surface area contributed by atoms with E-state index in [0.717, 1.165) is 0 Å². The van der Waals surface area contributed by atoms with E-state index in [-0.39, 0.29) is 11.6 Å². The number of thiazole rings is 1. The third kappa shape index (κ3) is 2.51. The Morgan fingerprint density at radius 3 is 2.83 bits per heavy atom. The number of anilines is 1. The lowest BCUT2D eigenvalue weighted by atomic mass is 10.2. The highest BCUT2D eigenvalue weighted by atomic mass is 32.1. The number of aromatic nitrogens is 1. The molecule has 0 fully saturated rings. The second-order valence-corrected chi connectivity index (χ2v) is 4.30. The van der Waals surface area contributed by atoms with Crippen molar-refractivity contribution in [2.24, 2.45) is 0 Å². The van der Waals surface area contributed by atoms with Crippen LogP contribution in [0.1, 0.15) is 16.1 Å². The van der Waals surface area contributed by atoms with Crippen LogP contribution in [0, 0.1) is 17.0 Å². The van der Waals surface area contributed by atoms with Gasteiger partial charge in [0.2, 0.25) is 0 Å². The summed E-state index contributed by atoms with van der Waals surface area (Å²) in [5.41, 5.74) is 3.07. The summed E-state index contributed by atoms with van der Waals surface area (Å²) in [5.74, 6) is -0.326. The second-order valence-electron chi connectivity index (χ2n) is 3.58. The molecule has 0 saturated heterocycles. The molecule has 7 heteroatoms. The molecule has 2 aromatic rings. The van der Waals surface area contributed by atoms with Crippen molar-refractivity contribution in [2.75, 3.05) is 5.32 Å². The van der Waals surface area contributed by atoms with Gasteiger partial charge in [-0.1, -0.05) is 0 Å². The lowest BCUT2D eigenvalue weighted by Crippen LogP contribution is -2.13. The third-order valence-electron chi connectivity index (χ3n) is 2.33. The molecule has 1 N–H and O–H groups in total. The zero-order valence-corrected chi connectivity index (χ0v) is 10.2.